The van der Waals surface area contributed by atoms with Crippen molar-refractivity contribution in [2.75, 3.05) is 0 Å². The first-order valence-corrected chi connectivity index (χ1v) is 8.60. The SMILES string of the molecule is O=C(O)C(Cc1ccccc1)N=S(=O)=O.c1ccc2ccccc2c1. The van der Waals surface area contributed by atoms with Crippen LogP contribution in [0.2, 0.25) is 0 Å². The molecule has 3 aromatic carbocycles. The van der Waals surface area contributed by atoms with Crippen molar-refractivity contribution in [1.82, 2.24) is 0 Å². The van der Waals surface area contributed by atoms with E-state index in [2.05, 4.69) is 52.9 Å². The minimum Gasteiger partial charge on any atom is -0.480 e. The molecule has 6 heteroatoms. The van der Waals surface area contributed by atoms with Crippen LogP contribution in [0.25, 0.3) is 10.8 Å². The quantitative estimate of drug-likeness (QED) is 0.775. The highest BCUT2D eigenvalue weighted by Gasteiger charge is 2.17. The molecular formula is C19H17NO4S. The second-order valence-electron chi connectivity index (χ2n) is 5.21. The molecule has 25 heavy (non-hydrogen) atoms. The Morgan fingerprint density at radius 3 is 1.68 bits per heavy atom. The van der Waals surface area contributed by atoms with Crippen molar-refractivity contribution in [2.45, 2.75) is 12.5 Å². The van der Waals surface area contributed by atoms with E-state index in [-0.39, 0.29) is 6.42 Å². The van der Waals surface area contributed by atoms with Gasteiger partial charge in [-0.2, -0.15) is 12.8 Å². The fraction of sp³-hybridized carbons (Fsp3) is 0.105. The van der Waals surface area contributed by atoms with Crippen molar-refractivity contribution in [3.8, 4) is 0 Å². The van der Waals surface area contributed by atoms with Crippen molar-refractivity contribution in [1.29, 1.82) is 0 Å². The molecule has 0 bridgehead atoms. The normalized spacial score (nSPS) is 11.0. The van der Waals surface area contributed by atoms with E-state index < -0.39 is 22.5 Å². The molecule has 0 amide bonds. The number of fused-ring (bicyclic) bond motifs is 1. The lowest BCUT2D eigenvalue weighted by Gasteiger charge is -2.04. The van der Waals surface area contributed by atoms with Gasteiger partial charge in [0.1, 0.15) is 0 Å². The minimum atomic E-state index is -2.70. The molecule has 0 radical (unpaired) electrons. The van der Waals surface area contributed by atoms with Crippen LogP contribution in [0.5, 0.6) is 0 Å². The molecule has 1 atom stereocenters. The highest BCUT2D eigenvalue weighted by atomic mass is 32.2. The van der Waals surface area contributed by atoms with E-state index in [0.29, 0.717) is 0 Å². The number of aliphatic carboxylic acids is 1. The van der Waals surface area contributed by atoms with E-state index in [0.717, 1.165) is 5.56 Å². The molecule has 3 rings (SSSR count). The second-order valence-corrected chi connectivity index (χ2v) is 5.86. The monoisotopic (exact) mass is 355 g/mol. The number of hydrogen-bond acceptors (Lipinski definition) is 4. The van der Waals surface area contributed by atoms with Gasteiger partial charge in [-0.15, -0.1) is 0 Å². The number of hydrogen-bond donors (Lipinski definition) is 1. The molecule has 3 aromatic rings. The Kier molecular flexibility index (Phi) is 6.86. The number of nitrogens with zero attached hydrogens (tertiary/aromatic N) is 1. The summed E-state index contributed by atoms with van der Waals surface area (Å²) in [5.41, 5.74) is 0.735. The third-order valence-electron chi connectivity index (χ3n) is 3.43. The van der Waals surface area contributed by atoms with E-state index in [4.69, 9.17) is 5.11 Å². The first-order valence-electron chi connectivity index (χ1n) is 7.57. The average molecular weight is 355 g/mol. The Hall–Kier alpha value is -2.99. The number of carboxylic acid groups (broad SMARTS) is 1. The van der Waals surface area contributed by atoms with Crippen LogP contribution >= 0.6 is 0 Å². The fourth-order valence-corrected chi connectivity index (χ4v) is 2.62. The van der Waals surface area contributed by atoms with Crippen LogP contribution in [0.3, 0.4) is 0 Å². The van der Waals surface area contributed by atoms with Crippen molar-refractivity contribution in [3.63, 3.8) is 0 Å². The number of benzene rings is 3. The zero-order valence-corrected chi connectivity index (χ0v) is 14.1. The molecule has 0 aliphatic carbocycles. The summed E-state index contributed by atoms with van der Waals surface area (Å²) in [5, 5.41) is 11.3. The van der Waals surface area contributed by atoms with Gasteiger partial charge in [0.25, 0.3) is 0 Å². The predicted octanol–water partition coefficient (Wildman–Crippen LogP) is 3.58. The summed E-state index contributed by atoms with van der Waals surface area (Å²) in [6, 6.07) is 24.2. The minimum absolute atomic E-state index is 0.0736. The average Bonchev–Trinajstić information content (AvgIpc) is 2.62. The molecule has 0 aliphatic heterocycles. The topological polar surface area (TPSA) is 83.8 Å². The van der Waals surface area contributed by atoms with Gasteiger partial charge in [0.15, 0.2) is 6.04 Å². The van der Waals surface area contributed by atoms with E-state index in [1.165, 1.54) is 10.8 Å². The predicted molar refractivity (Wildman–Crippen MR) is 96.9 cm³/mol. The van der Waals surface area contributed by atoms with Crippen LogP contribution in [0, 0.1) is 0 Å². The van der Waals surface area contributed by atoms with E-state index in [1.807, 2.05) is 0 Å². The summed E-state index contributed by atoms with van der Waals surface area (Å²) in [5.74, 6) is -1.25. The highest BCUT2D eigenvalue weighted by molar-refractivity contribution is 7.61. The van der Waals surface area contributed by atoms with Gasteiger partial charge in [0.2, 0.25) is 0 Å². The zero-order valence-electron chi connectivity index (χ0n) is 13.3. The Morgan fingerprint density at radius 1 is 0.840 bits per heavy atom. The lowest BCUT2D eigenvalue weighted by Crippen LogP contribution is -2.20. The molecule has 0 aliphatic rings. The van der Waals surface area contributed by atoms with Gasteiger partial charge >= 0.3 is 16.5 Å². The van der Waals surface area contributed by atoms with Crippen molar-refractivity contribution < 1.29 is 18.3 Å². The van der Waals surface area contributed by atoms with Gasteiger partial charge < -0.3 is 5.11 Å². The van der Waals surface area contributed by atoms with Crippen LogP contribution in [0.1, 0.15) is 5.56 Å². The van der Waals surface area contributed by atoms with Crippen LogP contribution in [-0.2, 0) is 21.7 Å². The molecule has 5 nitrogen and oxygen atoms in total. The maximum absolute atomic E-state index is 10.7. The fourth-order valence-electron chi connectivity index (χ4n) is 2.24. The summed E-state index contributed by atoms with van der Waals surface area (Å²) < 4.78 is 23.6. The molecule has 0 saturated heterocycles. The third kappa shape index (κ3) is 6.19. The molecule has 0 heterocycles. The van der Waals surface area contributed by atoms with Crippen LogP contribution < -0.4 is 0 Å². The second kappa shape index (κ2) is 9.34. The Bertz CT molecular complexity index is 895. The lowest BCUT2D eigenvalue weighted by atomic mass is 10.1. The molecule has 1 unspecified atom stereocenters. The maximum Gasteiger partial charge on any atom is 0.330 e. The smallest absolute Gasteiger partial charge is 0.330 e. The maximum atomic E-state index is 10.7. The summed E-state index contributed by atoms with van der Waals surface area (Å²) >= 11 is 0. The summed E-state index contributed by atoms with van der Waals surface area (Å²) in [4.78, 5) is 10.7. The molecule has 0 fully saturated rings. The largest absolute Gasteiger partial charge is 0.480 e. The van der Waals surface area contributed by atoms with E-state index >= 15 is 0 Å². The summed E-state index contributed by atoms with van der Waals surface area (Å²) in [7, 11) is -2.70. The third-order valence-corrected chi connectivity index (χ3v) is 3.86. The van der Waals surface area contributed by atoms with Crippen LogP contribution in [-0.4, -0.2) is 25.5 Å². The molecule has 128 valence electrons. The number of rotatable bonds is 4. The van der Waals surface area contributed by atoms with Gasteiger partial charge in [-0.3, -0.25) is 0 Å². The van der Waals surface area contributed by atoms with Gasteiger partial charge in [0, 0.05) is 6.42 Å². The van der Waals surface area contributed by atoms with Crippen molar-refractivity contribution >= 4 is 27.2 Å². The van der Waals surface area contributed by atoms with Gasteiger partial charge in [-0.25, -0.2) is 4.79 Å². The van der Waals surface area contributed by atoms with E-state index in [1.54, 1.807) is 30.3 Å². The van der Waals surface area contributed by atoms with Gasteiger partial charge in [0.05, 0.1) is 0 Å². The standard InChI is InChI=1S/C10H8.C9H9NO4S/c1-2-6-10-8-4-3-7-9(10)5-1;11-9(12)8(10-15(13)14)6-7-4-2-1-3-5-7/h1-8H;1-5,8H,6H2,(H,11,12). The molecule has 0 aromatic heterocycles. The molecule has 0 spiro atoms. The van der Waals surface area contributed by atoms with Crippen molar-refractivity contribution in [2.24, 2.45) is 4.36 Å². The first kappa shape index (κ1) is 18.4. The number of carboxylic acids is 1. The number of carbonyl (C=O) groups is 1. The Labute approximate surface area is 147 Å². The highest BCUT2D eigenvalue weighted by Crippen LogP contribution is 2.11. The van der Waals surface area contributed by atoms with Gasteiger partial charge in [-0.1, -0.05) is 78.9 Å². The summed E-state index contributed by atoms with van der Waals surface area (Å²) in [6.07, 6.45) is 0.0736. The lowest BCUT2D eigenvalue weighted by molar-refractivity contribution is -0.138. The summed E-state index contributed by atoms with van der Waals surface area (Å²) in [6.45, 7) is 0. The molecule has 1 N–H and O–H groups in total. The Balaban J connectivity index is 0.000000194. The molecule has 0 saturated carbocycles. The van der Waals surface area contributed by atoms with Crippen LogP contribution in [0.15, 0.2) is 83.2 Å². The van der Waals surface area contributed by atoms with Crippen molar-refractivity contribution in [3.05, 3.63) is 84.4 Å². The van der Waals surface area contributed by atoms with E-state index in [9.17, 15) is 13.2 Å². The molecular weight excluding hydrogens is 338 g/mol. The zero-order chi connectivity index (χ0) is 18.1. The Morgan fingerprint density at radius 2 is 1.28 bits per heavy atom. The van der Waals surface area contributed by atoms with Crippen LogP contribution in [0.4, 0.5) is 0 Å². The first-order chi connectivity index (χ1) is 12.1. The van der Waals surface area contributed by atoms with Gasteiger partial charge in [-0.05, 0) is 16.3 Å².